The molecular weight excluding hydrogens is 407 g/mol. The van der Waals surface area contributed by atoms with Gasteiger partial charge in [-0.25, -0.2) is 4.79 Å². The molecule has 2 N–H and O–H groups in total. The van der Waals surface area contributed by atoms with Crippen molar-refractivity contribution in [3.8, 4) is 17.4 Å². The van der Waals surface area contributed by atoms with E-state index in [1.54, 1.807) is 29.0 Å². The van der Waals surface area contributed by atoms with Crippen LogP contribution in [-0.4, -0.2) is 24.3 Å². The molecule has 0 radical (unpaired) electrons. The predicted molar refractivity (Wildman–Crippen MR) is 103 cm³/mol. The number of nitrogens with zero attached hydrogens (tertiary/aromatic N) is 4. The Morgan fingerprint density at radius 1 is 1.04 bits per heavy atom. The van der Waals surface area contributed by atoms with Crippen LogP contribution in [0.4, 0.5) is 0 Å². The highest BCUT2D eigenvalue weighted by molar-refractivity contribution is 6.38. The van der Waals surface area contributed by atoms with E-state index in [0.717, 1.165) is 4.68 Å². The third kappa shape index (κ3) is 2.81. The van der Waals surface area contributed by atoms with Crippen LogP contribution >= 0.6 is 23.2 Å². The van der Waals surface area contributed by atoms with Crippen molar-refractivity contribution >= 4 is 34.2 Å². The van der Waals surface area contributed by atoms with Crippen molar-refractivity contribution in [2.24, 2.45) is 0 Å². The van der Waals surface area contributed by atoms with E-state index in [1.807, 2.05) is 4.98 Å². The molecule has 0 aliphatic carbocycles. The molecule has 11 heteroatoms. The van der Waals surface area contributed by atoms with E-state index in [0.29, 0.717) is 16.7 Å². The highest BCUT2D eigenvalue weighted by Crippen LogP contribution is 2.33. The largest absolute Gasteiger partial charge is 0.349 e. The Labute approximate surface area is 165 Å². The molecule has 0 saturated heterocycles. The number of hydrogen-bond donors (Lipinski definition) is 2. The Hall–Kier alpha value is -3.61. The number of fused-ring (bicyclic) bond motifs is 1. The van der Waals surface area contributed by atoms with E-state index in [4.69, 9.17) is 28.5 Å². The van der Waals surface area contributed by atoms with Crippen molar-refractivity contribution in [2.75, 3.05) is 0 Å². The lowest BCUT2D eigenvalue weighted by Gasteiger charge is -2.13. The number of hydrogen-bond acceptors (Lipinski definition) is 5. The summed E-state index contributed by atoms with van der Waals surface area (Å²) in [6.45, 7) is 0. The summed E-state index contributed by atoms with van der Waals surface area (Å²) in [5.41, 5.74) is -0.583. The average molecular weight is 415 g/mol. The number of halogens is 2. The number of benzene rings is 1. The molecule has 0 unspecified atom stereocenters. The second-order valence-electron chi connectivity index (χ2n) is 5.70. The van der Waals surface area contributed by atoms with Crippen LogP contribution in [0.25, 0.3) is 22.4 Å². The first-order valence-electron chi connectivity index (χ1n) is 7.73. The lowest BCUT2D eigenvalue weighted by Crippen LogP contribution is -2.33. The predicted octanol–water partition coefficient (Wildman–Crippen LogP) is 1.73. The smallest absolute Gasteiger partial charge is 0.321 e. The monoisotopic (exact) mass is 414 g/mol. The second-order valence-corrected chi connectivity index (χ2v) is 6.51. The molecule has 0 bridgehead atoms. The minimum atomic E-state index is -0.884. The van der Waals surface area contributed by atoms with Gasteiger partial charge < -0.3 is 9.55 Å². The maximum Gasteiger partial charge on any atom is 0.349 e. The number of nitriles is 1. The van der Waals surface area contributed by atoms with Gasteiger partial charge in [0.2, 0.25) is 11.3 Å². The Balaban J connectivity index is 1.93. The molecule has 9 nitrogen and oxygen atoms in total. The van der Waals surface area contributed by atoms with Gasteiger partial charge in [-0.05, 0) is 24.3 Å². The molecule has 4 rings (SSSR count). The van der Waals surface area contributed by atoms with Crippen molar-refractivity contribution in [3.63, 3.8) is 0 Å². The summed E-state index contributed by atoms with van der Waals surface area (Å²) >= 11 is 12.8. The van der Waals surface area contributed by atoms with Crippen LogP contribution in [0.15, 0.2) is 50.9 Å². The molecule has 3 aromatic heterocycles. The molecule has 0 atom stereocenters. The number of rotatable bonds is 2. The van der Waals surface area contributed by atoms with Crippen LogP contribution < -0.4 is 16.8 Å². The lowest BCUT2D eigenvalue weighted by molar-refractivity contribution is 0.740. The van der Waals surface area contributed by atoms with E-state index in [9.17, 15) is 14.4 Å². The Bertz CT molecular complexity index is 1450. The highest BCUT2D eigenvalue weighted by Gasteiger charge is 2.16. The third-order valence-corrected chi connectivity index (χ3v) is 4.57. The molecule has 0 fully saturated rings. The number of pyridine rings is 1. The molecule has 0 amide bonds. The van der Waals surface area contributed by atoms with Gasteiger partial charge in [0.1, 0.15) is 6.07 Å². The first-order chi connectivity index (χ1) is 13.4. The molecule has 0 aliphatic rings. The lowest BCUT2D eigenvalue weighted by atomic mass is 10.2. The van der Waals surface area contributed by atoms with Gasteiger partial charge in [0.15, 0.2) is 0 Å². The molecule has 1 aromatic carbocycles. The average Bonchev–Trinajstić information content (AvgIpc) is 3.04. The maximum absolute atomic E-state index is 12.1. The first-order valence-corrected chi connectivity index (χ1v) is 8.48. The van der Waals surface area contributed by atoms with Gasteiger partial charge in [0, 0.05) is 12.3 Å². The number of nitrogens with one attached hydrogen (secondary N) is 2. The second kappa shape index (κ2) is 6.53. The zero-order chi connectivity index (χ0) is 20.0. The normalized spacial score (nSPS) is 10.9. The Morgan fingerprint density at radius 2 is 1.75 bits per heavy atom. The van der Waals surface area contributed by atoms with E-state index in [-0.39, 0.29) is 21.3 Å². The van der Waals surface area contributed by atoms with Gasteiger partial charge in [-0.2, -0.15) is 9.94 Å². The summed E-state index contributed by atoms with van der Waals surface area (Å²) < 4.78 is 2.51. The number of H-pyrrole nitrogens is 2. The number of aromatic amines is 2. The zero-order valence-electron chi connectivity index (χ0n) is 13.7. The van der Waals surface area contributed by atoms with Crippen molar-refractivity contribution in [1.29, 1.82) is 5.26 Å². The van der Waals surface area contributed by atoms with Gasteiger partial charge >= 0.3 is 5.69 Å². The van der Waals surface area contributed by atoms with Crippen LogP contribution in [0.2, 0.25) is 10.0 Å². The topological polar surface area (TPSA) is 129 Å². The summed E-state index contributed by atoms with van der Waals surface area (Å²) in [5, 5.41) is 13.1. The zero-order valence-corrected chi connectivity index (χ0v) is 15.2. The quantitative estimate of drug-likeness (QED) is 0.515. The standard InChI is InChI=1S/C17H8Cl2N6O3/c18-9-5-8(25-17(28)22-16(27)12(7-20)23-25)6-10(19)15(9)24-4-3-11-13(24)1-2-14(26)21-11/h1-6H,(H,21,26)(H,22,27,28). The Kier molecular flexibility index (Phi) is 4.15. The third-order valence-electron chi connectivity index (χ3n) is 4.00. The fourth-order valence-corrected chi connectivity index (χ4v) is 3.45. The first kappa shape index (κ1) is 17.8. The van der Waals surface area contributed by atoms with Crippen molar-refractivity contribution in [2.45, 2.75) is 0 Å². The van der Waals surface area contributed by atoms with Crippen LogP contribution in [0, 0.1) is 11.3 Å². The van der Waals surface area contributed by atoms with E-state index in [2.05, 4.69) is 10.1 Å². The summed E-state index contributed by atoms with van der Waals surface area (Å²) in [7, 11) is 0. The fraction of sp³-hybridized carbons (Fsp3) is 0. The van der Waals surface area contributed by atoms with E-state index in [1.165, 1.54) is 18.2 Å². The fourth-order valence-electron chi connectivity index (χ4n) is 2.80. The molecule has 4 aromatic rings. The number of aromatic nitrogens is 5. The molecule has 0 saturated carbocycles. The molecule has 138 valence electrons. The molecule has 28 heavy (non-hydrogen) atoms. The summed E-state index contributed by atoms with van der Waals surface area (Å²) in [4.78, 5) is 39.8. The van der Waals surface area contributed by atoms with Crippen LogP contribution in [0.3, 0.4) is 0 Å². The maximum atomic E-state index is 12.1. The van der Waals surface area contributed by atoms with Crippen molar-refractivity contribution in [3.05, 3.63) is 83.5 Å². The van der Waals surface area contributed by atoms with Gasteiger partial charge in [-0.15, -0.1) is 5.10 Å². The summed E-state index contributed by atoms with van der Waals surface area (Å²) in [6.07, 6.45) is 1.69. The molecule has 3 heterocycles. The highest BCUT2D eigenvalue weighted by atomic mass is 35.5. The van der Waals surface area contributed by atoms with E-state index < -0.39 is 16.9 Å². The van der Waals surface area contributed by atoms with Crippen LogP contribution in [0.5, 0.6) is 0 Å². The van der Waals surface area contributed by atoms with E-state index >= 15 is 0 Å². The minimum Gasteiger partial charge on any atom is -0.321 e. The van der Waals surface area contributed by atoms with Gasteiger partial charge in [-0.1, -0.05) is 23.2 Å². The summed E-state index contributed by atoms with van der Waals surface area (Å²) in [5.74, 6) is 0. The van der Waals surface area contributed by atoms with Crippen molar-refractivity contribution < 1.29 is 0 Å². The van der Waals surface area contributed by atoms with Crippen LogP contribution in [0.1, 0.15) is 5.69 Å². The van der Waals surface area contributed by atoms with Crippen LogP contribution in [-0.2, 0) is 0 Å². The molecule has 0 spiro atoms. The van der Waals surface area contributed by atoms with Crippen molar-refractivity contribution in [1.82, 2.24) is 24.3 Å². The molecular formula is C17H8Cl2N6O3. The SMILES string of the molecule is N#Cc1nn(-c2cc(Cl)c(-n3ccc4[nH]c(=O)ccc43)c(Cl)c2)c(=O)[nH]c1=O. The Morgan fingerprint density at radius 3 is 2.43 bits per heavy atom. The van der Waals surface area contributed by atoms with Gasteiger partial charge in [0.05, 0.1) is 32.5 Å². The minimum absolute atomic E-state index is 0.168. The summed E-state index contributed by atoms with van der Waals surface area (Å²) in [6, 6.07) is 9.16. The van der Waals surface area contributed by atoms with Gasteiger partial charge in [0.25, 0.3) is 5.56 Å². The molecule has 0 aliphatic heterocycles. The van der Waals surface area contributed by atoms with Gasteiger partial charge in [-0.3, -0.25) is 14.6 Å².